The van der Waals surface area contributed by atoms with Gasteiger partial charge in [0, 0.05) is 24.6 Å². The van der Waals surface area contributed by atoms with E-state index < -0.39 is 5.97 Å². The molecule has 0 spiro atoms. The smallest absolute Gasteiger partial charge is 0.335 e. The van der Waals surface area contributed by atoms with Gasteiger partial charge in [-0.1, -0.05) is 6.07 Å². The molecule has 98 valence electrons. The molecule has 0 fully saturated rings. The van der Waals surface area contributed by atoms with Gasteiger partial charge < -0.3 is 10.4 Å². The first kappa shape index (κ1) is 13.1. The monoisotopic (exact) mass is 256 g/mol. The molecule has 0 aliphatic rings. The molecule has 0 unspecified atom stereocenters. The summed E-state index contributed by atoms with van der Waals surface area (Å²) in [6, 6.07) is 9.05. The van der Waals surface area contributed by atoms with Crippen molar-refractivity contribution in [2.45, 2.75) is 13.3 Å². The molecule has 2 aromatic rings. The molecule has 0 atom stereocenters. The number of pyridine rings is 1. The topological polar surface area (TPSA) is 62.2 Å². The number of aromatic nitrogens is 1. The van der Waals surface area contributed by atoms with Crippen LogP contribution in [0.3, 0.4) is 0 Å². The molecule has 0 aliphatic heterocycles. The summed E-state index contributed by atoms with van der Waals surface area (Å²) in [4.78, 5) is 14.9. The van der Waals surface area contributed by atoms with Crippen molar-refractivity contribution in [3.63, 3.8) is 0 Å². The molecule has 0 saturated carbocycles. The molecule has 4 heteroatoms. The van der Waals surface area contributed by atoms with E-state index in [-0.39, 0.29) is 0 Å². The van der Waals surface area contributed by atoms with E-state index in [1.165, 1.54) is 5.56 Å². The molecule has 4 nitrogen and oxygen atoms in total. The normalized spacial score (nSPS) is 10.2. The number of aromatic carboxylic acids is 1. The van der Waals surface area contributed by atoms with E-state index in [1.807, 2.05) is 31.3 Å². The molecule has 0 radical (unpaired) electrons. The molecule has 19 heavy (non-hydrogen) atoms. The number of carbonyl (C=O) groups is 1. The maximum atomic E-state index is 10.8. The van der Waals surface area contributed by atoms with Gasteiger partial charge >= 0.3 is 5.97 Å². The van der Waals surface area contributed by atoms with Gasteiger partial charge in [-0.2, -0.15) is 0 Å². The molecule has 0 amide bonds. The van der Waals surface area contributed by atoms with Crippen LogP contribution in [0.1, 0.15) is 21.5 Å². The second-order valence-electron chi connectivity index (χ2n) is 4.37. The van der Waals surface area contributed by atoms with Gasteiger partial charge in [0.1, 0.15) is 0 Å². The van der Waals surface area contributed by atoms with Gasteiger partial charge in [-0.15, -0.1) is 0 Å². The summed E-state index contributed by atoms with van der Waals surface area (Å²) in [7, 11) is 0. The summed E-state index contributed by atoms with van der Waals surface area (Å²) in [6.07, 6.45) is 4.49. The Morgan fingerprint density at radius 1 is 1.37 bits per heavy atom. The number of benzene rings is 1. The highest BCUT2D eigenvalue weighted by Gasteiger charge is 2.05. The molecule has 1 aromatic carbocycles. The van der Waals surface area contributed by atoms with Crippen molar-refractivity contribution >= 4 is 11.7 Å². The SMILES string of the molecule is Cc1cc(C(=O)O)ccc1NCCc1cccnc1. The van der Waals surface area contributed by atoms with Gasteiger partial charge in [0.2, 0.25) is 0 Å². The zero-order chi connectivity index (χ0) is 13.7. The molecule has 0 saturated heterocycles. The van der Waals surface area contributed by atoms with Crippen LogP contribution in [0.5, 0.6) is 0 Å². The summed E-state index contributed by atoms with van der Waals surface area (Å²) >= 11 is 0. The van der Waals surface area contributed by atoms with Gasteiger partial charge in [0.05, 0.1) is 5.56 Å². The predicted molar refractivity (Wildman–Crippen MR) is 74.6 cm³/mol. The number of aryl methyl sites for hydroxylation is 1. The molecular weight excluding hydrogens is 240 g/mol. The van der Waals surface area contributed by atoms with Crippen LogP contribution in [0, 0.1) is 6.92 Å². The van der Waals surface area contributed by atoms with Crippen LogP contribution < -0.4 is 5.32 Å². The number of carboxylic acid groups (broad SMARTS) is 1. The van der Waals surface area contributed by atoms with Crippen LogP contribution in [0.25, 0.3) is 0 Å². The fraction of sp³-hybridized carbons (Fsp3) is 0.200. The van der Waals surface area contributed by atoms with E-state index in [4.69, 9.17) is 5.11 Å². The average Bonchev–Trinajstić information content (AvgIpc) is 2.41. The molecule has 2 rings (SSSR count). The Hall–Kier alpha value is -2.36. The van der Waals surface area contributed by atoms with E-state index in [1.54, 1.807) is 18.3 Å². The fourth-order valence-corrected chi connectivity index (χ4v) is 1.88. The lowest BCUT2D eigenvalue weighted by Gasteiger charge is -2.10. The zero-order valence-electron chi connectivity index (χ0n) is 10.8. The Morgan fingerprint density at radius 2 is 2.21 bits per heavy atom. The highest BCUT2D eigenvalue weighted by Crippen LogP contribution is 2.16. The van der Waals surface area contributed by atoms with Crippen LogP contribution in [-0.4, -0.2) is 22.6 Å². The van der Waals surface area contributed by atoms with E-state index in [0.717, 1.165) is 24.2 Å². The predicted octanol–water partition coefficient (Wildman–Crippen LogP) is 2.74. The second-order valence-corrected chi connectivity index (χ2v) is 4.37. The summed E-state index contributed by atoms with van der Waals surface area (Å²) in [5.74, 6) is -0.898. The molecule has 0 bridgehead atoms. The minimum absolute atomic E-state index is 0.315. The van der Waals surface area contributed by atoms with Gasteiger partial charge in [-0.05, 0) is 48.7 Å². The fourth-order valence-electron chi connectivity index (χ4n) is 1.88. The Balaban J connectivity index is 1.95. The van der Waals surface area contributed by atoms with Gasteiger partial charge in [-0.25, -0.2) is 4.79 Å². The number of nitrogens with zero attached hydrogens (tertiary/aromatic N) is 1. The number of hydrogen-bond donors (Lipinski definition) is 2. The first-order chi connectivity index (χ1) is 9.16. The number of rotatable bonds is 5. The minimum Gasteiger partial charge on any atom is -0.478 e. The molecule has 1 heterocycles. The highest BCUT2D eigenvalue weighted by molar-refractivity contribution is 5.88. The quantitative estimate of drug-likeness (QED) is 0.863. The molecule has 0 aliphatic carbocycles. The zero-order valence-corrected chi connectivity index (χ0v) is 10.8. The largest absolute Gasteiger partial charge is 0.478 e. The van der Waals surface area contributed by atoms with Crippen molar-refractivity contribution in [2.24, 2.45) is 0 Å². The van der Waals surface area contributed by atoms with Crippen LogP contribution in [0.2, 0.25) is 0 Å². The summed E-state index contributed by atoms with van der Waals surface area (Å²) in [5.41, 5.74) is 3.39. The Labute approximate surface area is 112 Å². The van der Waals surface area contributed by atoms with E-state index >= 15 is 0 Å². The molecular formula is C15H16N2O2. The van der Waals surface area contributed by atoms with Crippen LogP contribution >= 0.6 is 0 Å². The third-order valence-corrected chi connectivity index (χ3v) is 2.93. The van der Waals surface area contributed by atoms with Crippen LogP contribution in [0.4, 0.5) is 5.69 Å². The van der Waals surface area contributed by atoms with Crippen molar-refractivity contribution in [1.29, 1.82) is 0 Å². The number of carboxylic acids is 1. The number of nitrogens with one attached hydrogen (secondary N) is 1. The highest BCUT2D eigenvalue weighted by atomic mass is 16.4. The second kappa shape index (κ2) is 6.00. The van der Waals surface area contributed by atoms with Crippen LogP contribution in [-0.2, 0) is 6.42 Å². The Morgan fingerprint density at radius 3 is 2.84 bits per heavy atom. The Kier molecular flexibility index (Phi) is 4.13. The molecule has 2 N–H and O–H groups in total. The lowest BCUT2D eigenvalue weighted by molar-refractivity contribution is 0.0697. The van der Waals surface area contributed by atoms with Crippen LogP contribution in [0.15, 0.2) is 42.7 Å². The lowest BCUT2D eigenvalue weighted by atomic mass is 10.1. The maximum absolute atomic E-state index is 10.8. The standard InChI is InChI=1S/C15H16N2O2/c1-11-9-13(15(18)19)4-5-14(11)17-8-6-12-3-2-7-16-10-12/h2-5,7,9-10,17H,6,8H2,1H3,(H,18,19). The Bertz CT molecular complexity index is 568. The van der Waals surface area contributed by atoms with E-state index in [2.05, 4.69) is 10.3 Å². The average molecular weight is 256 g/mol. The lowest BCUT2D eigenvalue weighted by Crippen LogP contribution is -2.07. The van der Waals surface area contributed by atoms with Gasteiger partial charge in [0.15, 0.2) is 0 Å². The molecule has 1 aromatic heterocycles. The van der Waals surface area contributed by atoms with Crippen molar-refractivity contribution in [3.8, 4) is 0 Å². The summed E-state index contributed by atoms with van der Waals surface area (Å²) < 4.78 is 0. The third kappa shape index (κ3) is 3.55. The van der Waals surface area contributed by atoms with Gasteiger partial charge in [-0.3, -0.25) is 4.98 Å². The third-order valence-electron chi connectivity index (χ3n) is 2.93. The van der Waals surface area contributed by atoms with Crippen molar-refractivity contribution in [1.82, 2.24) is 4.98 Å². The van der Waals surface area contributed by atoms with Crippen molar-refractivity contribution < 1.29 is 9.90 Å². The summed E-state index contributed by atoms with van der Waals surface area (Å²) in [5, 5.41) is 12.2. The maximum Gasteiger partial charge on any atom is 0.335 e. The van der Waals surface area contributed by atoms with Gasteiger partial charge in [0.25, 0.3) is 0 Å². The minimum atomic E-state index is -0.898. The van der Waals surface area contributed by atoms with E-state index in [0.29, 0.717) is 5.56 Å². The van der Waals surface area contributed by atoms with Crippen molar-refractivity contribution in [3.05, 3.63) is 59.4 Å². The van der Waals surface area contributed by atoms with E-state index in [9.17, 15) is 4.79 Å². The first-order valence-electron chi connectivity index (χ1n) is 6.13. The number of hydrogen-bond acceptors (Lipinski definition) is 3. The first-order valence-corrected chi connectivity index (χ1v) is 6.13. The number of anilines is 1. The summed E-state index contributed by atoms with van der Waals surface area (Å²) in [6.45, 7) is 2.69. The van der Waals surface area contributed by atoms with Crippen molar-refractivity contribution in [2.75, 3.05) is 11.9 Å².